The molecule has 0 fully saturated rings. The summed E-state index contributed by atoms with van der Waals surface area (Å²) in [6, 6.07) is 7.87. The largest absolute Gasteiger partial charge is 0.481 e. The third-order valence-corrected chi connectivity index (χ3v) is 2.67. The highest BCUT2D eigenvalue weighted by Crippen LogP contribution is 2.17. The lowest BCUT2D eigenvalue weighted by Crippen LogP contribution is -2.10. The summed E-state index contributed by atoms with van der Waals surface area (Å²) in [6.07, 6.45) is 1.04. The number of carboxylic acid groups (broad SMARTS) is 2. The molecule has 1 aromatic carbocycles. The number of hydrogen-bond acceptors (Lipinski definition) is 3. The van der Waals surface area contributed by atoms with Crippen LogP contribution >= 0.6 is 0 Å². The third kappa shape index (κ3) is 7.53. The second kappa shape index (κ2) is 9.09. The number of carbonyl (C=O) groups is 2. The van der Waals surface area contributed by atoms with E-state index in [2.05, 4.69) is 19.6 Å². The van der Waals surface area contributed by atoms with E-state index in [0.717, 1.165) is 12.0 Å². The number of benzene rings is 1. The number of nitrogens with two attached hydrogens (primary N) is 1. The van der Waals surface area contributed by atoms with Gasteiger partial charge in [-0.15, -0.1) is 0 Å². The van der Waals surface area contributed by atoms with E-state index in [1.165, 1.54) is 5.56 Å². The molecule has 0 aliphatic heterocycles. The van der Waals surface area contributed by atoms with Gasteiger partial charge in [0.15, 0.2) is 0 Å². The molecule has 1 rings (SSSR count). The predicted molar refractivity (Wildman–Crippen MR) is 77.7 cm³/mol. The van der Waals surface area contributed by atoms with Gasteiger partial charge in [0.1, 0.15) is 0 Å². The molecule has 0 saturated carbocycles. The first-order chi connectivity index (χ1) is 9.27. The quantitative estimate of drug-likeness (QED) is 0.767. The number of aliphatic carboxylic acids is 2. The van der Waals surface area contributed by atoms with Crippen LogP contribution in [0.5, 0.6) is 0 Å². The van der Waals surface area contributed by atoms with Gasteiger partial charge in [-0.1, -0.05) is 38.1 Å². The van der Waals surface area contributed by atoms with Crippen LogP contribution in [0, 0.1) is 5.92 Å². The van der Waals surface area contributed by atoms with Gasteiger partial charge in [-0.05, 0) is 30.4 Å². The van der Waals surface area contributed by atoms with Crippen molar-refractivity contribution in [1.29, 1.82) is 0 Å². The minimum Gasteiger partial charge on any atom is -0.481 e. The lowest BCUT2D eigenvalue weighted by Gasteiger charge is -2.09. The molecule has 5 nitrogen and oxygen atoms in total. The smallest absolute Gasteiger partial charge is 0.317 e. The van der Waals surface area contributed by atoms with Crippen LogP contribution in [0.3, 0.4) is 0 Å². The van der Waals surface area contributed by atoms with Crippen molar-refractivity contribution in [3.63, 3.8) is 0 Å². The highest BCUT2D eigenvalue weighted by molar-refractivity contribution is 5.75. The molecule has 0 bridgehead atoms. The summed E-state index contributed by atoms with van der Waals surface area (Å²) >= 11 is 0. The molecule has 112 valence electrons. The Balaban J connectivity index is 0.000000621. The van der Waals surface area contributed by atoms with Crippen molar-refractivity contribution < 1.29 is 19.8 Å². The lowest BCUT2D eigenvalue weighted by atomic mass is 9.97. The highest BCUT2D eigenvalue weighted by Gasteiger charge is 2.12. The van der Waals surface area contributed by atoms with Gasteiger partial charge in [0.25, 0.3) is 0 Å². The Kier molecular flexibility index (Phi) is 8.24. The van der Waals surface area contributed by atoms with E-state index in [0.29, 0.717) is 5.92 Å². The molecule has 0 spiro atoms. The molecule has 0 radical (unpaired) electrons. The summed E-state index contributed by atoms with van der Waals surface area (Å²) in [5.41, 5.74) is 6.71. The molecule has 20 heavy (non-hydrogen) atoms. The first-order valence-corrected chi connectivity index (χ1v) is 6.51. The fourth-order valence-corrected chi connectivity index (χ4v) is 1.56. The van der Waals surface area contributed by atoms with Crippen molar-refractivity contribution in [2.24, 2.45) is 11.7 Å². The van der Waals surface area contributed by atoms with Gasteiger partial charge in [0.05, 0.1) is 12.5 Å². The molecular formula is C15H23NO4. The molecule has 0 aliphatic carbocycles. The van der Waals surface area contributed by atoms with Gasteiger partial charge >= 0.3 is 11.9 Å². The van der Waals surface area contributed by atoms with E-state index in [9.17, 15) is 9.59 Å². The molecule has 0 aliphatic rings. The van der Waals surface area contributed by atoms with Crippen molar-refractivity contribution in [1.82, 2.24) is 0 Å². The van der Waals surface area contributed by atoms with Crippen molar-refractivity contribution in [3.05, 3.63) is 35.4 Å². The summed E-state index contributed by atoms with van der Waals surface area (Å²) in [5.74, 6) is -1.53. The number of hydrogen-bond donors (Lipinski definition) is 3. The summed E-state index contributed by atoms with van der Waals surface area (Å²) < 4.78 is 0. The Morgan fingerprint density at radius 2 is 1.55 bits per heavy atom. The van der Waals surface area contributed by atoms with E-state index in [1.807, 2.05) is 24.3 Å². The van der Waals surface area contributed by atoms with E-state index < -0.39 is 17.9 Å². The molecule has 1 atom stereocenters. The van der Waals surface area contributed by atoms with Crippen molar-refractivity contribution in [2.45, 2.75) is 33.1 Å². The van der Waals surface area contributed by atoms with Gasteiger partial charge in [-0.2, -0.15) is 0 Å². The van der Waals surface area contributed by atoms with Crippen LogP contribution in [0.4, 0.5) is 0 Å². The average molecular weight is 281 g/mol. The summed E-state index contributed by atoms with van der Waals surface area (Å²) in [6.45, 7) is 5.78. The molecule has 0 saturated heterocycles. The topological polar surface area (TPSA) is 101 Å². The van der Waals surface area contributed by atoms with Crippen LogP contribution in [0.25, 0.3) is 0 Å². The Morgan fingerprint density at radius 3 is 1.85 bits per heavy atom. The van der Waals surface area contributed by atoms with Crippen molar-refractivity contribution >= 4 is 11.9 Å². The second-order valence-corrected chi connectivity index (χ2v) is 5.00. The van der Waals surface area contributed by atoms with Crippen LogP contribution in [-0.2, 0) is 16.0 Å². The Bertz CT molecular complexity index is 426. The van der Waals surface area contributed by atoms with Gasteiger partial charge in [0.2, 0.25) is 0 Å². The minimum atomic E-state index is -0.968. The van der Waals surface area contributed by atoms with E-state index >= 15 is 0 Å². The zero-order chi connectivity index (χ0) is 15.7. The van der Waals surface area contributed by atoms with E-state index in [4.69, 9.17) is 10.2 Å². The average Bonchev–Trinajstić information content (AvgIpc) is 2.38. The number of carboxylic acids is 2. The van der Waals surface area contributed by atoms with Crippen LogP contribution in [0.2, 0.25) is 0 Å². The lowest BCUT2D eigenvalue weighted by molar-refractivity contribution is -0.138. The maximum absolute atomic E-state index is 10.8. The van der Waals surface area contributed by atoms with Crippen LogP contribution in [-0.4, -0.2) is 28.7 Å². The van der Waals surface area contributed by atoms with Gasteiger partial charge < -0.3 is 15.9 Å². The van der Waals surface area contributed by atoms with Crippen molar-refractivity contribution in [3.8, 4) is 0 Å². The molecule has 0 aromatic heterocycles. The van der Waals surface area contributed by atoms with Gasteiger partial charge in [-0.3, -0.25) is 9.59 Å². The van der Waals surface area contributed by atoms with Crippen LogP contribution < -0.4 is 5.73 Å². The summed E-state index contributed by atoms with van der Waals surface area (Å²) in [5, 5.41) is 16.4. The first kappa shape index (κ1) is 18.1. The predicted octanol–water partition coefficient (Wildman–Crippen LogP) is 2.10. The maximum Gasteiger partial charge on any atom is 0.317 e. The Labute approximate surface area is 119 Å². The zero-order valence-corrected chi connectivity index (χ0v) is 12.2. The van der Waals surface area contributed by atoms with E-state index in [-0.39, 0.29) is 6.54 Å². The fraction of sp³-hybridized carbons (Fsp3) is 0.467. The molecule has 1 unspecified atom stereocenters. The maximum atomic E-state index is 10.8. The molecule has 1 aromatic rings. The minimum absolute atomic E-state index is 0.278. The molecule has 5 heteroatoms. The molecule has 4 N–H and O–H groups in total. The standard InChI is InChI=1S/C13H18O2.C2H5NO2/c1-9(2)8-11-4-6-12(7-5-11)10(3)13(14)15;3-1-2(4)5/h4-7,9-10H,8H2,1-3H3,(H,14,15);1,3H2,(H,4,5). The molecule has 0 amide bonds. The second-order valence-electron chi connectivity index (χ2n) is 5.00. The SMILES string of the molecule is CC(C)Cc1ccc(C(C)C(=O)O)cc1.NCC(=O)O. The molecular weight excluding hydrogens is 258 g/mol. The summed E-state index contributed by atoms with van der Waals surface area (Å²) in [7, 11) is 0. The first-order valence-electron chi connectivity index (χ1n) is 6.51. The fourth-order valence-electron chi connectivity index (χ4n) is 1.56. The van der Waals surface area contributed by atoms with Gasteiger partial charge in [-0.25, -0.2) is 0 Å². The highest BCUT2D eigenvalue weighted by atomic mass is 16.4. The Hall–Kier alpha value is -1.88. The monoisotopic (exact) mass is 281 g/mol. The van der Waals surface area contributed by atoms with Crippen molar-refractivity contribution in [2.75, 3.05) is 6.54 Å². The van der Waals surface area contributed by atoms with Crippen LogP contribution in [0.15, 0.2) is 24.3 Å². The van der Waals surface area contributed by atoms with Gasteiger partial charge in [0, 0.05) is 0 Å². The normalized spacial score (nSPS) is 11.4. The zero-order valence-electron chi connectivity index (χ0n) is 12.2. The third-order valence-electron chi connectivity index (χ3n) is 2.67. The molecule has 0 heterocycles. The number of rotatable bonds is 5. The van der Waals surface area contributed by atoms with E-state index in [1.54, 1.807) is 6.92 Å². The Morgan fingerprint density at radius 1 is 1.10 bits per heavy atom. The summed E-state index contributed by atoms with van der Waals surface area (Å²) in [4.78, 5) is 20.0. The van der Waals surface area contributed by atoms with Crippen LogP contribution in [0.1, 0.15) is 37.8 Å².